The van der Waals surface area contributed by atoms with Gasteiger partial charge in [0.1, 0.15) is 6.10 Å². The quantitative estimate of drug-likeness (QED) is 0.606. The van der Waals surface area contributed by atoms with Gasteiger partial charge in [-0.25, -0.2) is 0 Å². The molecule has 0 saturated carbocycles. The van der Waals surface area contributed by atoms with Crippen molar-refractivity contribution in [3.63, 3.8) is 0 Å². The molecule has 2 fully saturated rings. The number of rotatable bonds is 7. The number of hydrogen-bond acceptors (Lipinski definition) is 8. The number of carboxylic acid groups (broad SMARTS) is 1. The van der Waals surface area contributed by atoms with E-state index in [1.807, 2.05) is 11.1 Å². The molecule has 3 heterocycles. The molecule has 0 aliphatic carbocycles. The molecule has 1 aromatic rings. The molecule has 174 valence electrons. The smallest absolute Gasteiger partial charge is 0.317 e. The predicted molar refractivity (Wildman–Crippen MR) is 124 cm³/mol. The minimum atomic E-state index is -0.763. The summed E-state index contributed by atoms with van der Waals surface area (Å²) in [7, 11) is 0. The van der Waals surface area contributed by atoms with Crippen LogP contribution in [0.3, 0.4) is 0 Å². The van der Waals surface area contributed by atoms with E-state index in [1.165, 1.54) is 0 Å². The highest BCUT2D eigenvalue weighted by molar-refractivity contribution is 6.01. The average Bonchev–Trinajstić information content (AvgIpc) is 3.21. The molecule has 0 aromatic heterocycles. The molecule has 1 aromatic carbocycles. The monoisotopic (exact) mass is 442 g/mol. The molecule has 0 bridgehead atoms. The van der Waals surface area contributed by atoms with Crippen LogP contribution in [0, 0.1) is 0 Å². The third-order valence-electron chi connectivity index (χ3n) is 6.17. The number of nitrogens with zero attached hydrogens (tertiary/aromatic N) is 5. The Labute approximate surface area is 189 Å². The highest BCUT2D eigenvalue weighted by atomic mass is 16.6. The molecule has 32 heavy (non-hydrogen) atoms. The number of hydrazone groups is 1. The van der Waals surface area contributed by atoms with Crippen LogP contribution in [0.15, 0.2) is 34.5 Å². The van der Waals surface area contributed by atoms with E-state index in [0.29, 0.717) is 12.1 Å². The Morgan fingerprint density at radius 3 is 2.47 bits per heavy atom. The van der Waals surface area contributed by atoms with Crippen molar-refractivity contribution in [3.8, 4) is 0 Å². The molecule has 0 spiro atoms. The van der Waals surface area contributed by atoms with Crippen LogP contribution in [0.1, 0.15) is 31.4 Å². The average molecular weight is 443 g/mol. The van der Waals surface area contributed by atoms with Crippen LogP contribution < -0.4 is 5.32 Å². The molecule has 9 heteroatoms. The van der Waals surface area contributed by atoms with Crippen molar-refractivity contribution in [2.45, 2.75) is 38.5 Å². The van der Waals surface area contributed by atoms with Crippen LogP contribution in [-0.4, -0.2) is 108 Å². The zero-order chi connectivity index (χ0) is 22.5. The van der Waals surface area contributed by atoms with Crippen molar-refractivity contribution in [3.05, 3.63) is 35.4 Å². The highest BCUT2D eigenvalue weighted by Gasteiger charge is 2.27. The fourth-order valence-corrected chi connectivity index (χ4v) is 4.61. The van der Waals surface area contributed by atoms with E-state index in [0.717, 1.165) is 69.1 Å². The van der Waals surface area contributed by atoms with Crippen molar-refractivity contribution in [1.82, 2.24) is 20.1 Å². The topological polar surface area (TPSA) is 93.0 Å². The summed E-state index contributed by atoms with van der Waals surface area (Å²) in [4.78, 5) is 20.8. The maximum absolute atomic E-state index is 10.9. The fraction of sp³-hybridized carbons (Fsp3) is 0.609. The lowest BCUT2D eigenvalue weighted by atomic mass is 10.0. The number of aliphatic carboxylic acids is 1. The third-order valence-corrected chi connectivity index (χ3v) is 6.17. The molecule has 3 aliphatic rings. The summed E-state index contributed by atoms with van der Waals surface area (Å²) in [5, 5.41) is 23.5. The van der Waals surface area contributed by atoms with Crippen LogP contribution in [0.5, 0.6) is 0 Å². The van der Waals surface area contributed by atoms with Gasteiger partial charge in [0.15, 0.2) is 0 Å². The maximum atomic E-state index is 10.9. The van der Waals surface area contributed by atoms with Crippen molar-refractivity contribution < 1.29 is 14.7 Å². The second-order valence-corrected chi connectivity index (χ2v) is 9.15. The summed E-state index contributed by atoms with van der Waals surface area (Å²) in [6, 6.07) is 9.20. The largest absolute Gasteiger partial charge is 0.480 e. The molecule has 2 N–H and O–H groups in total. The summed E-state index contributed by atoms with van der Waals surface area (Å²) >= 11 is 0. The lowest BCUT2D eigenvalue weighted by molar-refractivity contribution is -0.138. The lowest BCUT2D eigenvalue weighted by Crippen LogP contribution is -2.52. The molecule has 0 amide bonds. The van der Waals surface area contributed by atoms with Gasteiger partial charge in [-0.2, -0.15) is 5.10 Å². The van der Waals surface area contributed by atoms with E-state index in [2.05, 4.69) is 63.6 Å². The van der Waals surface area contributed by atoms with Gasteiger partial charge in [0.05, 0.1) is 31.6 Å². The number of benzene rings is 1. The van der Waals surface area contributed by atoms with Gasteiger partial charge in [0, 0.05) is 51.2 Å². The van der Waals surface area contributed by atoms with Crippen LogP contribution in [0.4, 0.5) is 0 Å². The number of nitrogens with one attached hydrogen (secondary N) is 1. The Hall–Kier alpha value is -2.49. The Morgan fingerprint density at radius 2 is 1.81 bits per heavy atom. The van der Waals surface area contributed by atoms with Crippen molar-refractivity contribution in [2.24, 2.45) is 10.3 Å². The van der Waals surface area contributed by atoms with Crippen molar-refractivity contribution in [2.75, 3.05) is 52.4 Å². The van der Waals surface area contributed by atoms with Crippen LogP contribution in [0.2, 0.25) is 0 Å². The molecule has 3 atom stereocenters. The SMILES string of the molecule is C[C@@H]1CN(N=Cc2ccc(C3=NOC(CN4CCN(CC(=O)O)CC4)C3)cc2)C[C@H](C)N1. The van der Waals surface area contributed by atoms with Crippen LogP contribution >= 0.6 is 0 Å². The molecule has 3 aliphatic heterocycles. The van der Waals surface area contributed by atoms with E-state index in [1.54, 1.807) is 0 Å². The Bertz CT molecular complexity index is 825. The summed E-state index contributed by atoms with van der Waals surface area (Å²) in [6.45, 7) is 10.4. The molecule has 0 radical (unpaired) electrons. The Kier molecular flexibility index (Phi) is 7.39. The second kappa shape index (κ2) is 10.4. The molecule has 2 saturated heterocycles. The molecule has 9 nitrogen and oxygen atoms in total. The van der Waals surface area contributed by atoms with Crippen LogP contribution in [0.25, 0.3) is 0 Å². The van der Waals surface area contributed by atoms with E-state index >= 15 is 0 Å². The molecule has 4 rings (SSSR count). The minimum absolute atomic E-state index is 0.0500. The summed E-state index contributed by atoms with van der Waals surface area (Å²) in [5.74, 6) is -0.763. The summed E-state index contributed by atoms with van der Waals surface area (Å²) in [6.07, 6.45) is 2.77. The van der Waals surface area contributed by atoms with Crippen molar-refractivity contribution >= 4 is 17.9 Å². The first-order chi connectivity index (χ1) is 15.4. The number of piperazine rings is 2. The normalized spacial score (nSPS) is 27.5. The minimum Gasteiger partial charge on any atom is -0.480 e. The van der Waals surface area contributed by atoms with Gasteiger partial charge in [-0.15, -0.1) is 0 Å². The second-order valence-electron chi connectivity index (χ2n) is 9.15. The summed E-state index contributed by atoms with van der Waals surface area (Å²) in [5.41, 5.74) is 3.14. The number of carbonyl (C=O) groups is 1. The van der Waals surface area contributed by atoms with Gasteiger partial charge in [0.2, 0.25) is 0 Å². The van der Waals surface area contributed by atoms with E-state index in [4.69, 9.17) is 9.94 Å². The van der Waals surface area contributed by atoms with Gasteiger partial charge in [-0.05, 0) is 25.0 Å². The van der Waals surface area contributed by atoms with Gasteiger partial charge >= 0.3 is 5.97 Å². The zero-order valence-corrected chi connectivity index (χ0v) is 19.0. The maximum Gasteiger partial charge on any atom is 0.317 e. The van der Waals surface area contributed by atoms with E-state index < -0.39 is 5.97 Å². The number of hydrogen-bond donors (Lipinski definition) is 2. The first kappa shape index (κ1) is 22.7. The molecule has 1 unspecified atom stereocenters. The fourth-order valence-electron chi connectivity index (χ4n) is 4.61. The third kappa shape index (κ3) is 6.27. The number of oxime groups is 1. The Balaban J connectivity index is 1.23. The highest BCUT2D eigenvalue weighted by Crippen LogP contribution is 2.19. The summed E-state index contributed by atoms with van der Waals surface area (Å²) < 4.78 is 0. The molecular weight excluding hydrogens is 408 g/mol. The van der Waals surface area contributed by atoms with Gasteiger partial charge in [0.25, 0.3) is 0 Å². The molecular formula is C23H34N6O3. The Morgan fingerprint density at radius 1 is 1.16 bits per heavy atom. The first-order valence-electron chi connectivity index (χ1n) is 11.5. The number of carboxylic acids is 1. The van der Waals surface area contributed by atoms with Gasteiger partial charge in [-0.1, -0.05) is 29.4 Å². The van der Waals surface area contributed by atoms with Crippen LogP contribution in [-0.2, 0) is 9.63 Å². The van der Waals surface area contributed by atoms with Gasteiger partial charge < -0.3 is 15.3 Å². The lowest BCUT2D eigenvalue weighted by Gasteiger charge is -2.34. The van der Waals surface area contributed by atoms with Gasteiger partial charge in [-0.3, -0.25) is 19.6 Å². The van der Waals surface area contributed by atoms with E-state index in [9.17, 15) is 4.79 Å². The standard InChI is InChI=1S/C23H34N6O3/c1-17-13-29(14-18(2)25-17)24-12-19-3-5-20(6-4-19)22-11-21(32-26-22)15-27-7-9-28(10-8-27)16-23(30)31/h3-6,12,17-18,21,25H,7-11,13-16H2,1-2H3,(H,30,31)/t17-,18+,21?. The zero-order valence-electron chi connectivity index (χ0n) is 19.0. The predicted octanol–water partition coefficient (Wildman–Crippen LogP) is 0.898. The van der Waals surface area contributed by atoms with Crippen molar-refractivity contribution in [1.29, 1.82) is 0 Å². The van der Waals surface area contributed by atoms with E-state index in [-0.39, 0.29) is 12.6 Å². The first-order valence-corrected chi connectivity index (χ1v) is 11.5.